The third-order valence-electron chi connectivity index (χ3n) is 5.04. The Morgan fingerprint density at radius 3 is 2.94 bits per heavy atom. The van der Waals surface area contributed by atoms with Gasteiger partial charge in [-0.3, -0.25) is 4.79 Å². The fraction of sp³-hybridized carbons (Fsp3) is 0.667. The van der Waals surface area contributed by atoms with Crippen molar-refractivity contribution in [3.63, 3.8) is 0 Å². The highest BCUT2D eigenvalue weighted by Gasteiger charge is 2.47. The summed E-state index contributed by atoms with van der Waals surface area (Å²) in [7, 11) is 0. The summed E-state index contributed by atoms with van der Waals surface area (Å²) in [6.07, 6.45) is 5.57. The monoisotopic (exact) mass is 232 g/mol. The van der Waals surface area contributed by atoms with Crippen LogP contribution in [0.25, 0.3) is 0 Å². The lowest BCUT2D eigenvalue weighted by molar-refractivity contribution is -0.143. The Balaban J connectivity index is 1.91. The average molecular weight is 232 g/mol. The normalized spacial score (nSPS) is 44.8. The second-order valence-corrected chi connectivity index (χ2v) is 5.92. The highest BCUT2D eigenvalue weighted by Crippen LogP contribution is 2.49. The van der Waals surface area contributed by atoms with Crippen LogP contribution in [0.15, 0.2) is 23.8 Å². The minimum Gasteiger partial charge on any atom is -0.461 e. The third-order valence-corrected chi connectivity index (χ3v) is 5.04. The fourth-order valence-corrected chi connectivity index (χ4v) is 3.84. The van der Waals surface area contributed by atoms with E-state index in [0.29, 0.717) is 17.8 Å². The van der Waals surface area contributed by atoms with Crippen LogP contribution in [0.2, 0.25) is 0 Å². The average Bonchev–Trinajstić information content (AvgIpc) is 2.71. The summed E-state index contributed by atoms with van der Waals surface area (Å²) in [4.78, 5) is 11.7. The molecule has 5 atom stereocenters. The lowest BCUT2D eigenvalue weighted by Crippen LogP contribution is -2.20. The Morgan fingerprint density at radius 1 is 1.41 bits per heavy atom. The zero-order chi connectivity index (χ0) is 12.2. The highest BCUT2D eigenvalue weighted by atomic mass is 16.6. The molecule has 1 aliphatic heterocycles. The van der Waals surface area contributed by atoms with Gasteiger partial charge in [-0.25, -0.2) is 0 Å². The molecule has 0 aromatic rings. The van der Waals surface area contributed by atoms with Crippen LogP contribution in [0.4, 0.5) is 0 Å². The van der Waals surface area contributed by atoms with Gasteiger partial charge in [0.15, 0.2) is 0 Å². The van der Waals surface area contributed by atoms with Crippen LogP contribution >= 0.6 is 0 Å². The Hall–Kier alpha value is -1.05. The van der Waals surface area contributed by atoms with E-state index in [0.717, 1.165) is 19.3 Å². The summed E-state index contributed by atoms with van der Waals surface area (Å²) in [5, 5.41) is 0. The van der Waals surface area contributed by atoms with E-state index in [1.165, 1.54) is 11.1 Å². The molecule has 2 fully saturated rings. The Morgan fingerprint density at radius 2 is 2.18 bits per heavy atom. The van der Waals surface area contributed by atoms with Gasteiger partial charge in [0.05, 0.1) is 5.92 Å². The molecule has 0 N–H and O–H groups in total. The first-order valence-corrected chi connectivity index (χ1v) is 6.62. The first-order valence-electron chi connectivity index (χ1n) is 6.62. The first kappa shape index (κ1) is 11.1. The molecule has 0 amide bonds. The summed E-state index contributed by atoms with van der Waals surface area (Å²) in [5.74, 6) is 1.67. The van der Waals surface area contributed by atoms with Gasteiger partial charge >= 0.3 is 5.97 Å². The van der Waals surface area contributed by atoms with Crippen molar-refractivity contribution < 1.29 is 9.53 Å². The molecular formula is C15H20O2. The van der Waals surface area contributed by atoms with Gasteiger partial charge in [0.1, 0.15) is 6.10 Å². The van der Waals surface area contributed by atoms with Gasteiger partial charge in [0.25, 0.3) is 0 Å². The predicted octanol–water partition coefficient (Wildman–Crippen LogP) is 3.10. The van der Waals surface area contributed by atoms with E-state index in [4.69, 9.17) is 4.74 Å². The summed E-state index contributed by atoms with van der Waals surface area (Å²) in [5.41, 5.74) is 2.78. The lowest BCUT2D eigenvalue weighted by atomic mass is 9.80. The molecule has 0 aromatic heterocycles. The molecule has 3 aliphatic rings. The van der Waals surface area contributed by atoms with Gasteiger partial charge < -0.3 is 4.74 Å². The number of allylic oxidation sites excluding steroid dienone is 2. The van der Waals surface area contributed by atoms with Crippen molar-refractivity contribution in [2.24, 2.45) is 23.7 Å². The Kier molecular flexibility index (Phi) is 2.42. The van der Waals surface area contributed by atoms with Gasteiger partial charge in [-0.05, 0) is 31.6 Å². The molecule has 2 nitrogen and oxygen atoms in total. The molecule has 0 radical (unpaired) electrons. The molecule has 0 spiro atoms. The predicted molar refractivity (Wildman–Crippen MR) is 66.3 cm³/mol. The number of ether oxygens (including phenoxy) is 1. The van der Waals surface area contributed by atoms with E-state index in [-0.39, 0.29) is 18.0 Å². The van der Waals surface area contributed by atoms with Crippen molar-refractivity contribution in [3.8, 4) is 0 Å². The number of carbonyl (C=O) groups is 1. The van der Waals surface area contributed by atoms with Crippen molar-refractivity contribution in [1.82, 2.24) is 0 Å². The molecule has 0 unspecified atom stereocenters. The Bertz CT molecular complexity index is 407. The second kappa shape index (κ2) is 3.72. The largest absolute Gasteiger partial charge is 0.461 e. The van der Waals surface area contributed by atoms with Crippen LogP contribution in [0, 0.1) is 23.7 Å². The van der Waals surface area contributed by atoms with Gasteiger partial charge in [-0.15, -0.1) is 0 Å². The maximum atomic E-state index is 11.7. The summed E-state index contributed by atoms with van der Waals surface area (Å²) >= 11 is 0. The van der Waals surface area contributed by atoms with Gasteiger partial charge in [-0.1, -0.05) is 30.7 Å². The topological polar surface area (TPSA) is 26.3 Å². The van der Waals surface area contributed by atoms with E-state index in [2.05, 4.69) is 19.6 Å². The first-order chi connectivity index (χ1) is 8.08. The Labute approximate surface area is 103 Å². The van der Waals surface area contributed by atoms with Crippen molar-refractivity contribution in [2.75, 3.05) is 0 Å². The molecule has 92 valence electrons. The molecule has 1 saturated carbocycles. The molecular weight excluding hydrogens is 212 g/mol. The zero-order valence-corrected chi connectivity index (χ0v) is 10.6. The molecule has 0 aromatic carbocycles. The van der Waals surface area contributed by atoms with Crippen molar-refractivity contribution in [2.45, 2.75) is 39.2 Å². The van der Waals surface area contributed by atoms with Crippen LogP contribution in [0.3, 0.4) is 0 Å². The van der Waals surface area contributed by atoms with E-state index >= 15 is 0 Å². The minimum atomic E-state index is -0.00844. The van der Waals surface area contributed by atoms with Gasteiger partial charge in [-0.2, -0.15) is 0 Å². The number of rotatable bonds is 0. The number of esters is 1. The third kappa shape index (κ3) is 1.57. The van der Waals surface area contributed by atoms with Gasteiger partial charge in [0.2, 0.25) is 0 Å². The summed E-state index contributed by atoms with van der Waals surface area (Å²) in [6, 6.07) is 0. The standard InChI is InChI=1S/C15H20O2/c1-8-4-5-11-9(2)6-14-13(7-12(8)11)10(3)15(16)17-14/h4,10-14H,2,5-7H2,1,3H3/t10-,11-,12-,13+,14-/m0/s1. The van der Waals surface area contributed by atoms with Crippen LogP contribution in [0.1, 0.15) is 33.1 Å². The molecule has 17 heavy (non-hydrogen) atoms. The maximum Gasteiger partial charge on any atom is 0.309 e. The second-order valence-electron chi connectivity index (χ2n) is 5.92. The molecule has 0 bridgehead atoms. The summed E-state index contributed by atoms with van der Waals surface area (Å²) < 4.78 is 5.51. The van der Waals surface area contributed by atoms with Gasteiger partial charge in [0, 0.05) is 12.3 Å². The SMILES string of the molecule is C=C1C[C@@H]2OC(=O)[C@@H](C)[C@H]2C[C@H]2C(C)=CC[C@@H]12. The number of hydrogen-bond acceptors (Lipinski definition) is 2. The van der Waals surface area contributed by atoms with Crippen LogP contribution in [-0.2, 0) is 9.53 Å². The molecule has 1 heterocycles. The highest BCUT2D eigenvalue weighted by molar-refractivity contribution is 5.75. The summed E-state index contributed by atoms with van der Waals surface area (Å²) in [6.45, 7) is 8.48. The van der Waals surface area contributed by atoms with E-state index in [9.17, 15) is 4.79 Å². The number of carbonyl (C=O) groups excluding carboxylic acids is 1. The van der Waals surface area contributed by atoms with Crippen LogP contribution in [0.5, 0.6) is 0 Å². The van der Waals surface area contributed by atoms with E-state index in [1.807, 2.05) is 6.92 Å². The van der Waals surface area contributed by atoms with Crippen molar-refractivity contribution >= 4 is 5.97 Å². The molecule has 2 heteroatoms. The number of hydrogen-bond donors (Lipinski definition) is 0. The van der Waals surface area contributed by atoms with Crippen molar-refractivity contribution in [1.29, 1.82) is 0 Å². The van der Waals surface area contributed by atoms with Crippen LogP contribution < -0.4 is 0 Å². The smallest absolute Gasteiger partial charge is 0.309 e. The maximum absolute atomic E-state index is 11.7. The quantitative estimate of drug-likeness (QED) is 0.474. The molecule has 1 saturated heterocycles. The minimum absolute atomic E-state index is 0.00844. The van der Waals surface area contributed by atoms with E-state index < -0.39 is 0 Å². The number of fused-ring (bicyclic) bond motifs is 2. The van der Waals surface area contributed by atoms with E-state index in [1.54, 1.807) is 0 Å². The lowest BCUT2D eigenvalue weighted by Gasteiger charge is -2.22. The molecule has 3 rings (SSSR count). The van der Waals surface area contributed by atoms with Crippen molar-refractivity contribution in [3.05, 3.63) is 23.8 Å². The fourth-order valence-electron chi connectivity index (χ4n) is 3.84. The zero-order valence-electron chi connectivity index (χ0n) is 10.6. The van der Waals surface area contributed by atoms with Crippen LogP contribution in [-0.4, -0.2) is 12.1 Å². The molecule has 2 aliphatic carbocycles.